The van der Waals surface area contributed by atoms with Crippen LogP contribution < -0.4 is 0 Å². The fraction of sp³-hybridized carbons (Fsp3) is 0.692. The van der Waals surface area contributed by atoms with Gasteiger partial charge in [-0.05, 0) is 18.9 Å². The van der Waals surface area contributed by atoms with Crippen LogP contribution in [-0.2, 0) is 0 Å². The molecule has 98 valence electrons. The monoisotopic (exact) mass is 266 g/mol. The van der Waals surface area contributed by atoms with Gasteiger partial charge in [0.05, 0.1) is 6.04 Å². The zero-order valence-electron chi connectivity index (χ0n) is 10.3. The van der Waals surface area contributed by atoms with E-state index in [0.29, 0.717) is 12.0 Å². The average Bonchev–Trinajstić information content (AvgIpc) is 2.73. The molecule has 1 aliphatic carbocycles. The van der Waals surface area contributed by atoms with Gasteiger partial charge in [-0.15, -0.1) is 0 Å². The molecule has 5 heteroatoms. The second kappa shape index (κ2) is 4.96. The van der Waals surface area contributed by atoms with Crippen LogP contribution in [0.4, 0.5) is 0 Å². The third kappa shape index (κ3) is 2.16. The van der Waals surface area contributed by atoms with Gasteiger partial charge in [0.25, 0.3) is 0 Å². The van der Waals surface area contributed by atoms with E-state index in [2.05, 4.69) is 5.10 Å². The molecule has 0 atom stereocenters. The Balaban J connectivity index is 1.91. The Morgan fingerprint density at radius 3 is 2.61 bits per heavy atom. The quantitative estimate of drug-likeness (QED) is 0.914. The normalized spacial score (nSPS) is 21.8. The Labute approximate surface area is 111 Å². The lowest BCUT2D eigenvalue weighted by Gasteiger charge is -2.30. The molecule has 1 aliphatic heterocycles. The van der Waals surface area contributed by atoms with Crippen LogP contribution in [-0.4, -0.2) is 32.4 Å². The van der Waals surface area contributed by atoms with E-state index in [-0.39, 0.29) is 5.69 Å². The maximum absolute atomic E-state index is 11.1. The first-order chi connectivity index (χ1) is 8.75. The van der Waals surface area contributed by atoms with Crippen molar-refractivity contribution in [1.82, 2.24) is 9.78 Å². The molecule has 0 amide bonds. The van der Waals surface area contributed by atoms with Crippen LogP contribution in [0.25, 0.3) is 0 Å². The zero-order valence-corrected chi connectivity index (χ0v) is 11.2. The van der Waals surface area contributed by atoms with E-state index in [1.807, 2.05) is 16.4 Å². The summed E-state index contributed by atoms with van der Waals surface area (Å²) in [6.07, 6.45) is 6.21. The number of carbonyl (C=O) groups is 1. The van der Waals surface area contributed by atoms with Crippen LogP contribution in [0, 0.1) is 0 Å². The summed E-state index contributed by atoms with van der Waals surface area (Å²) in [4.78, 5) is 11.1. The van der Waals surface area contributed by atoms with E-state index in [9.17, 15) is 4.79 Å². The number of rotatable bonds is 3. The lowest BCUT2D eigenvalue weighted by atomic mass is 9.86. The van der Waals surface area contributed by atoms with Crippen LogP contribution in [0.15, 0.2) is 6.07 Å². The van der Waals surface area contributed by atoms with Crippen molar-refractivity contribution < 1.29 is 9.90 Å². The lowest BCUT2D eigenvalue weighted by molar-refractivity contribution is 0.0689. The summed E-state index contributed by atoms with van der Waals surface area (Å²) < 4.78 is 2.01. The van der Waals surface area contributed by atoms with Gasteiger partial charge < -0.3 is 5.11 Å². The predicted octanol–water partition coefficient (Wildman–Crippen LogP) is 2.92. The van der Waals surface area contributed by atoms with Gasteiger partial charge in [-0.2, -0.15) is 16.9 Å². The maximum Gasteiger partial charge on any atom is 0.356 e. The molecule has 0 radical (unpaired) electrons. The van der Waals surface area contributed by atoms with E-state index >= 15 is 0 Å². The number of thioether (sulfide) groups is 1. The maximum atomic E-state index is 11.1. The summed E-state index contributed by atoms with van der Waals surface area (Å²) >= 11 is 1.90. The summed E-state index contributed by atoms with van der Waals surface area (Å²) in [5.41, 5.74) is 1.38. The van der Waals surface area contributed by atoms with E-state index in [1.165, 1.54) is 32.1 Å². The van der Waals surface area contributed by atoms with E-state index < -0.39 is 5.97 Å². The second-order valence-electron chi connectivity index (χ2n) is 5.23. The highest BCUT2D eigenvalue weighted by Crippen LogP contribution is 2.37. The van der Waals surface area contributed by atoms with Crippen LogP contribution in [0.1, 0.15) is 60.2 Å². The molecule has 0 unspecified atom stereocenters. The number of carboxylic acids is 1. The molecule has 3 rings (SSSR count). The molecule has 2 heterocycles. The van der Waals surface area contributed by atoms with Crippen molar-refractivity contribution in [2.45, 2.75) is 44.1 Å². The highest BCUT2D eigenvalue weighted by Gasteiger charge is 2.29. The van der Waals surface area contributed by atoms with Crippen LogP contribution in [0.2, 0.25) is 0 Å². The molecular formula is C13H18N2O2S. The summed E-state index contributed by atoms with van der Waals surface area (Å²) in [6.45, 7) is 0. The lowest BCUT2D eigenvalue weighted by Crippen LogP contribution is -2.27. The van der Waals surface area contributed by atoms with Gasteiger partial charge in [-0.1, -0.05) is 19.3 Å². The molecule has 1 saturated carbocycles. The fourth-order valence-electron chi connectivity index (χ4n) is 2.87. The number of aromatic carboxylic acids is 1. The summed E-state index contributed by atoms with van der Waals surface area (Å²) in [5.74, 6) is 1.75. The van der Waals surface area contributed by atoms with Crippen molar-refractivity contribution in [3.05, 3.63) is 17.5 Å². The summed E-state index contributed by atoms with van der Waals surface area (Å²) in [5, 5.41) is 13.4. The number of carboxylic acid groups (broad SMARTS) is 1. The van der Waals surface area contributed by atoms with Crippen LogP contribution >= 0.6 is 11.8 Å². The third-order valence-electron chi connectivity index (χ3n) is 3.97. The van der Waals surface area contributed by atoms with Crippen molar-refractivity contribution in [3.63, 3.8) is 0 Å². The largest absolute Gasteiger partial charge is 0.476 e. The molecule has 18 heavy (non-hydrogen) atoms. The molecule has 4 nitrogen and oxygen atoms in total. The first kappa shape index (κ1) is 12.1. The van der Waals surface area contributed by atoms with Gasteiger partial charge in [0.1, 0.15) is 0 Å². The van der Waals surface area contributed by atoms with Crippen molar-refractivity contribution in [2.75, 3.05) is 11.5 Å². The number of aromatic nitrogens is 2. The molecule has 1 N–H and O–H groups in total. The minimum absolute atomic E-state index is 0.215. The number of hydrogen-bond donors (Lipinski definition) is 1. The van der Waals surface area contributed by atoms with Crippen LogP contribution in [0.5, 0.6) is 0 Å². The predicted molar refractivity (Wildman–Crippen MR) is 71.4 cm³/mol. The highest BCUT2D eigenvalue weighted by atomic mass is 32.2. The first-order valence-electron chi connectivity index (χ1n) is 6.66. The molecule has 0 spiro atoms. The average molecular weight is 266 g/mol. The second-order valence-corrected chi connectivity index (χ2v) is 6.31. The molecule has 0 aromatic carbocycles. The molecule has 1 aromatic heterocycles. The summed E-state index contributed by atoms with van der Waals surface area (Å²) in [6, 6.07) is 2.22. The van der Waals surface area contributed by atoms with Gasteiger partial charge in [-0.25, -0.2) is 4.79 Å². The van der Waals surface area contributed by atoms with Crippen molar-refractivity contribution in [1.29, 1.82) is 0 Å². The number of hydrogen-bond acceptors (Lipinski definition) is 3. The third-order valence-corrected chi connectivity index (χ3v) is 5.21. The van der Waals surface area contributed by atoms with E-state index in [1.54, 1.807) is 6.07 Å². The smallest absolute Gasteiger partial charge is 0.356 e. The minimum atomic E-state index is -0.905. The Morgan fingerprint density at radius 1 is 1.33 bits per heavy atom. The molecule has 2 aliphatic rings. The molecule has 2 fully saturated rings. The minimum Gasteiger partial charge on any atom is -0.476 e. The van der Waals surface area contributed by atoms with Crippen LogP contribution in [0.3, 0.4) is 0 Å². The zero-order chi connectivity index (χ0) is 12.5. The summed E-state index contributed by atoms with van der Waals surface area (Å²) in [7, 11) is 0. The Bertz CT molecular complexity index is 448. The van der Waals surface area contributed by atoms with Crippen molar-refractivity contribution >= 4 is 17.7 Å². The van der Waals surface area contributed by atoms with Gasteiger partial charge in [0.2, 0.25) is 0 Å². The highest BCUT2D eigenvalue weighted by molar-refractivity contribution is 8.00. The van der Waals surface area contributed by atoms with Gasteiger partial charge in [0, 0.05) is 23.1 Å². The topological polar surface area (TPSA) is 55.1 Å². The fourth-order valence-corrected chi connectivity index (χ4v) is 3.60. The molecule has 1 aromatic rings. The van der Waals surface area contributed by atoms with E-state index in [4.69, 9.17) is 5.11 Å². The Hall–Kier alpha value is -0.970. The van der Waals surface area contributed by atoms with Crippen molar-refractivity contribution in [3.8, 4) is 0 Å². The van der Waals surface area contributed by atoms with E-state index in [0.717, 1.165) is 17.2 Å². The Morgan fingerprint density at radius 2 is 2.06 bits per heavy atom. The van der Waals surface area contributed by atoms with Gasteiger partial charge >= 0.3 is 5.97 Å². The first-order valence-corrected chi connectivity index (χ1v) is 7.81. The molecule has 0 bridgehead atoms. The number of nitrogens with zero attached hydrogens (tertiary/aromatic N) is 2. The van der Waals surface area contributed by atoms with Gasteiger partial charge in [0.15, 0.2) is 5.69 Å². The molecule has 1 saturated heterocycles. The molecular weight excluding hydrogens is 248 g/mol. The Kier molecular flexibility index (Phi) is 3.33. The van der Waals surface area contributed by atoms with Crippen molar-refractivity contribution in [2.24, 2.45) is 0 Å². The standard InChI is InChI=1S/C13H18N2O2S/c16-13(17)11-6-12(9-4-2-1-3-5-9)15(14-11)10-7-18-8-10/h6,9-10H,1-5,7-8H2,(H,16,17). The van der Waals surface area contributed by atoms with Gasteiger partial charge in [-0.3, -0.25) is 4.68 Å². The SMILES string of the molecule is O=C(O)c1cc(C2CCCCC2)n(C2CSC2)n1.